The molecule has 1 heterocycles. The second-order valence-corrected chi connectivity index (χ2v) is 6.08. The monoisotopic (exact) mass is 322 g/mol. The Labute approximate surface area is 136 Å². The molecule has 5 nitrogen and oxygen atoms in total. The van der Waals surface area contributed by atoms with Crippen LogP contribution in [0.5, 0.6) is 0 Å². The van der Waals surface area contributed by atoms with Crippen molar-refractivity contribution in [2.24, 2.45) is 5.92 Å². The highest BCUT2D eigenvalue weighted by Gasteiger charge is 2.20. The molecule has 0 atom stereocenters. The average molecular weight is 323 g/mol. The number of aromatic nitrogens is 2. The van der Waals surface area contributed by atoms with Crippen LogP contribution in [-0.2, 0) is 4.79 Å². The summed E-state index contributed by atoms with van der Waals surface area (Å²) in [5, 5.41) is 11.6. The molecule has 1 amide bonds. The van der Waals surface area contributed by atoms with E-state index in [1.54, 1.807) is 0 Å². The van der Waals surface area contributed by atoms with Crippen molar-refractivity contribution in [3.05, 3.63) is 24.4 Å². The van der Waals surface area contributed by atoms with Gasteiger partial charge < -0.3 is 10.6 Å². The molecule has 0 saturated heterocycles. The third-order valence-electron chi connectivity index (χ3n) is 3.79. The minimum absolute atomic E-state index is 0. The number of halogens is 1. The highest BCUT2D eigenvalue weighted by atomic mass is 35.5. The second kappa shape index (κ2) is 7.11. The average Bonchev–Trinajstić information content (AvgIpc) is 3.16. The molecule has 1 aromatic carbocycles. The molecule has 6 heteroatoms. The second-order valence-electron chi connectivity index (χ2n) is 6.08. The van der Waals surface area contributed by atoms with E-state index in [1.165, 1.54) is 12.8 Å². The van der Waals surface area contributed by atoms with E-state index in [0.717, 1.165) is 29.1 Å². The normalized spacial score (nSPS) is 14.1. The fourth-order valence-electron chi connectivity index (χ4n) is 2.44. The van der Waals surface area contributed by atoms with Crippen LogP contribution in [0.15, 0.2) is 24.4 Å². The molecule has 3 rings (SSSR count). The van der Waals surface area contributed by atoms with Gasteiger partial charge in [0.1, 0.15) is 0 Å². The van der Waals surface area contributed by atoms with Gasteiger partial charge in [-0.05, 0) is 57.4 Å². The summed E-state index contributed by atoms with van der Waals surface area (Å²) < 4.78 is 1.97. The summed E-state index contributed by atoms with van der Waals surface area (Å²) >= 11 is 0. The zero-order valence-electron chi connectivity index (χ0n) is 13.0. The van der Waals surface area contributed by atoms with Crippen LogP contribution in [0.4, 0.5) is 5.69 Å². The molecule has 22 heavy (non-hydrogen) atoms. The summed E-state index contributed by atoms with van der Waals surface area (Å²) in [5.74, 6) is 0.792. The molecule has 1 aromatic heterocycles. The Hall–Kier alpha value is -1.59. The minimum Gasteiger partial charge on any atom is -0.325 e. The Morgan fingerprint density at radius 2 is 2.18 bits per heavy atom. The third-order valence-corrected chi connectivity index (χ3v) is 3.79. The number of anilines is 1. The van der Waals surface area contributed by atoms with E-state index in [9.17, 15) is 4.79 Å². The van der Waals surface area contributed by atoms with Crippen molar-refractivity contribution in [2.75, 3.05) is 18.4 Å². The van der Waals surface area contributed by atoms with E-state index >= 15 is 0 Å². The van der Waals surface area contributed by atoms with Gasteiger partial charge in [0.25, 0.3) is 0 Å². The van der Waals surface area contributed by atoms with Gasteiger partial charge in [-0.15, -0.1) is 12.4 Å². The van der Waals surface area contributed by atoms with Gasteiger partial charge in [-0.1, -0.05) is 0 Å². The molecule has 1 aliphatic carbocycles. The van der Waals surface area contributed by atoms with Crippen molar-refractivity contribution < 1.29 is 4.79 Å². The number of benzene rings is 1. The molecule has 0 unspecified atom stereocenters. The van der Waals surface area contributed by atoms with Crippen molar-refractivity contribution >= 4 is 34.9 Å². The van der Waals surface area contributed by atoms with Crippen molar-refractivity contribution in [3.8, 4) is 0 Å². The summed E-state index contributed by atoms with van der Waals surface area (Å²) in [6.45, 7) is 5.52. The lowest BCUT2D eigenvalue weighted by Crippen LogP contribution is -2.29. The quantitative estimate of drug-likeness (QED) is 0.859. The summed E-state index contributed by atoms with van der Waals surface area (Å²) in [5.41, 5.74) is 1.87. The standard InChI is InChI=1S/C16H22N4O.ClH/c1-11(2)20-15-7-14(6-5-13(15)9-18-20)19-16(21)10-17-8-12-3-4-12;/h5-7,9,11-12,17H,3-4,8,10H2,1-2H3,(H,19,21);1H. The van der Waals surface area contributed by atoms with E-state index in [1.807, 2.05) is 29.1 Å². The van der Waals surface area contributed by atoms with Crippen LogP contribution in [0.3, 0.4) is 0 Å². The summed E-state index contributed by atoms with van der Waals surface area (Å²) in [4.78, 5) is 11.9. The van der Waals surface area contributed by atoms with Crippen LogP contribution in [0.25, 0.3) is 10.9 Å². The maximum Gasteiger partial charge on any atom is 0.238 e. The van der Waals surface area contributed by atoms with Crippen molar-refractivity contribution in [1.29, 1.82) is 0 Å². The Kier molecular flexibility index (Phi) is 5.42. The smallest absolute Gasteiger partial charge is 0.238 e. The molecular formula is C16H23ClN4O. The lowest BCUT2D eigenvalue weighted by atomic mass is 10.2. The molecule has 120 valence electrons. The number of carbonyl (C=O) groups is 1. The molecule has 2 aromatic rings. The maximum absolute atomic E-state index is 11.9. The number of nitrogens with zero attached hydrogens (tertiary/aromatic N) is 2. The van der Waals surface area contributed by atoms with Gasteiger partial charge in [0.2, 0.25) is 5.91 Å². The summed E-state index contributed by atoms with van der Waals surface area (Å²) in [6, 6.07) is 6.21. The van der Waals surface area contributed by atoms with Gasteiger partial charge in [0.15, 0.2) is 0 Å². The van der Waals surface area contributed by atoms with Crippen LogP contribution < -0.4 is 10.6 Å². The molecule has 0 bridgehead atoms. The maximum atomic E-state index is 11.9. The predicted molar refractivity (Wildman–Crippen MR) is 91.6 cm³/mol. The van der Waals surface area contributed by atoms with Gasteiger partial charge in [0, 0.05) is 17.1 Å². The first-order chi connectivity index (χ1) is 10.1. The van der Waals surface area contributed by atoms with E-state index < -0.39 is 0 Å². The van der Waals surface area contributed by atoms with Crippen LogP contribution >= 0.6 is 12.4 Å². The number of rotatable bonds is 6. The zero-order valence-corrected chi connectivity index (χ0v) is 13.8. The summed E-state index contributed by atoms with van der Waals surface area (Å²) in [6.07, 6.45) is 4.45. The molecule has 1 aliphatic rings. The van der Waals surface area contributed by atoms with Crippen LogP contribution in [0.1, 0.15) is 32.7 Å². The van der Waals surface area contributed by atoms with Gasteiger partial charge >= 0.3 is 0 Å². The molecule has 1 saturated carbocycles. The fourth-order valence-corrected chi connectivity index (χ4v) is 2.44. The lowest BCUT2D eigenvalue weighted by molar-refractivity contribution is -0.115. The number of nitrogens with one attached hydrogen (secondary N) is 2. The van der Waals surface area contributed by atoms with Crippen molar-refractivity contribution in [2.45, 2.75) is 32.7 Å². The van der Waals surface area contributed by atoms with Crippen LogP contribution in [-0.4, -0.2) is 28.8 Å². The number of hydrogen-bond donors (Lipinski definition) is 2. The third kappa shape index (κ3) is 3.99. The number of fused-ring (bicyclic) bond motifs is 1. The Balaban J connectivity index is 0.00000176. The molecule has 0 radical (unpaired) electrons. The highest BCUT2D eigenvalue weighted by molar-refractivity contribution is 5.94. The lowest BCUT2D eigenvalue weighted by Gasteiger charge is -2.09. The molecule has 0 spiro atoms. The largest absolute Gasteiger partial charge is 0.325 e. The molecule has 0 aliphatic heterocycles. The minimum atomic E-state index is 0. The first kappa shape index (κ1) is 16.8. The fraction of sp³-hybridized carbons (Fsp3) is 0.500. The Morgan fingerprint density at radius 3 is 2.86 bits per heavy atom. The number of hydrogen-bond acceptors (Lipinski definition) is 3. The van der Waals surface area contributed by atoms with E-state index in [4.69, 9.17) is 0 Å². The molecule has 2 N–H and O–H groups in total. The van der Waals surface area contributed by atoms with Crippen LogP contribution in [0, 0.1) is 5.92 Å². The first-order valence-electron chi connectivity index (χ1n) is 7.61. The first-order valence-corrected chi connectivity index (χ1v) is 7.61. The number of carbonyl (C=O) groups excluding carboxylic acids is 1. The highest BCUT2D eigenvalue weighted by Crippen LogP contribution is 2.27. The topological polar surface area (TPSA) is 59.0 Å². The predicted octanol–water partition coefficient (Wildman–Crippen LogP) is 2.98. The van der Waals surface area contributed by atoms with E-state index in [-0.39, 0.29) is 18.3 Å². The Bertz CT molecular complexity index is 649. The van der Waals surface area contributed by atoms with Gasteiger partial charge in [-0.2, -0.15) is 5.10 Å². The van der Waals surface area contributed by atoms with Crippen molar-refractivity contribution in [3.63, 3.8) is 0 Å². The van der Waals surface area contributed by atoms with E-state index in [0.29, 0.717) is 12.6 Å². The van der Waals surface area contributed by atoms with Crippen molar-refractivity contribution in [1.82, 2.24) is 15.1 Å². The van der Waals surface area contributed by atoms with Gasteiger partial charge in [-0.3, -0.25) is 9.48 Å². The SMILES string of the molecule is CC(C)n1ncc2ccc(NC(=O)CNCC3CC3)cc21.Cl. The summed E-state index contributed by atoms with van der Waals surface area (Å²) in [7, 11) is 0. The van der Waals surface area contributed by atoms with Gasteiger partial charge in [-0.25, -0.2) is 0 Å². The zero-order chi connectivity index (χ0) is 14.8. The molecule has 1 fully saturated rings. The number of amides is 1. The Morgan fingerprint density at radius 1 is 1.41 bits per heavy atom. The van der Waals surface area contributed by atoms with Crippen LogP contribution in [0.2, 0.25) is 0 Å². The molecular weight excluding hydrogens is 300 g/mol. The van der Waals surface area contributed by atoms with Gasteiger partial charge in [0.05, 0.1) is 18.3 Å². The van der Waals surface area contributed by atoms with E-state index in [2.05, 4.69) is 29.6 Å².